The molecule has 2 fully saturated rings. The first-order valence-electron chi connectivity index (χ1n) is 9.05. The molecule has 1 aromatic heterocycles. The molecule has 1 saturated heterocycles. The first kappa shape index (κ1) is 17.8. The number of ether oxygens (including phenoxy) is 2. The average Bonchev–Trinajstić information content (AvgIpc) is 2.96. The molecule has 1 aromatic carbocycles. The Balaban J connectivity index is 1.52. The topological polar surface area (TPSA) is 95.3 Å². The van der Waals surface area contributed by atoms with E-state index in [2.05, 4.69) is 15.0 Å². The zero-order valence-electron chi connectivity index (χ0n) is 14.8. The molecule has 0 radical (unpaired) electrons. The summed E-state index contributed by atoms with van der Waals surface area (Å²) in [5.74, 6) is 0.600. The van der Waals surface area contributed by atoms with Gasteiger partial charge < -0.3 is 9.47 Å². The molecule has 2 aromatic rings. The van der Waals surface area contributed by atoms with Crippen molar-refractivity contribution < 1.29 is 17.9 Å². The van der Waals surface area contributed by atoms with E-state index in [1.165, 1.54) is 19.3 Å². The maximum absolute atomic E-state index is 13.0. The molecule has 0 unspecified atom stereocenters. The lowest BCUT2D eigenvalue weighted by Gasteiger charge is -2.34. The van der Waals surface area contributed by atoms with Crippen LogP contribution in [-0.4, -0.2) is 55.4 Å². The van der Waals surface area contributed by atoms with Crippen molar-refractivity contribution in [2.24, 2.45) is 13.0 Å². The van der Waals surface area contributed by atoms with Gasteiger partial charge in [-0.25, -0.2) is 17.8 Å². The third-order valence-electron chi connectivity index (χ3n) is 5.28. The number of nitrogens with zero attached hydrogens (tertiary/aromatic N) is 3. The molecule has 1 aliphatic carbocycles. The van der Waals surface area contributed by atoms with Crippen LogP contribution in [0.15, 0.2) is 23.1 Å². The van der Waals surface area contributed by atoms with Gasteiger partial charge in [0.1, 0.15) is 10.4 Å². The lowest BCUT2D eigenvalue weighted by atomic mass is 9.86. The number of benzene rings is 1. The first-order valence-corrected chi connectivity index (χ1v) is 10.5. The van der Waals surface area contributed by atoms with Crippen molar-refractivity contribution in [1.82, 2.24) is 19.7 Å². The summed E-state index contributed by atoms with van der Waals surface area (Å²) in [6, 6.07) is 4.76. The van der Waals surface area contributed by atoms with E-state index in [4.69, 9.17) is 9.47 Å². The maximum atomic E-state index is 13.0. The molecule has 2 heterocycles. The molecule has 8 nitrogen and oxygen atoms in total. The Hall–Kier alpha value is -1.55. The van der Waals surface area contributed by atoms with Crippen molar-refractivity contribution in [3.05, 3.63) is 18.2 Å². The largest absolute Gasteiger partial charge is 0.379 e. The smallest absolute Gasteiger partial charge is 0.243 e. The molecule has 0 spiro atoms. The zero-order chi connectivity index (χ0) is 18.1. The second kappa shape index (κ2) is 7.22. The van der Waals surface area contributed by atoms with Crippen LogP contribution in [-0.2, 0) is 26.5 Å². The van der Waals surface area contributed by atoms with Crippen LogP contribution in [0.4, 0.5) is 0 Å². The first-order chi connectivity index (χ1) is 12.5. The lowest BCUT2D eigenvalue weighted by Crippen LogP contribution is -2.50. The molecule has 0 amide bonds. The highest BCUT2D eigenvalue weighted by Crippen LogP contribution is 2.28. The summed E-state index contributed by atoms with van der Waals surface area (Å²) in [6.45, 7) is 1.60. The molecule has 2 atom stereocenters. The number of rotatable bonds is 6. The Kier molecular flexibility index (Phi) is 4.96. The summed E-state index contributed by atoms with van der Waals surface area (Å²) >= 11 is 0. The summed E-state index contributed by atoms with van der Waals surface area (Å²) in [7, 11) is -2.00. The molecule has 9 heteroatoms. The van der Waals surface area contributed by atoms with Crippen molar-refractivity contribution >= 4 is 21.1 Å². The number of fused-ring (bicyclic) bond motifs is 1. The molecule has 1 saturated carbocycles. The van der Waals surface area contributed by atoms with Gasteiger partial charge in [0.25, 0.3) is 0 Å². The minimum Gasteiger partial charge on any atom is -0.379 e. The summed E-state index contributed by atoms with van der Waals surface area (Å²) < 4.78 is 41.8. The number of aromatic nitrogens is 3. The average molecular weight is 380 g/mol. The Morgan fingerprint density at radius 3 is 2.96 bits per heavy atom. The molecular formula is C17H24N4O4S. The highest BCUT2D eigenvalue weighted by Gasteiger charge is 2.33. The SMILES string of the molecule is Cn1nnc2c(S(=O)(=O)N[C@@H]3CCOC[C@H]3OCC3CCC3)cccc21. The second-order valence-electron chi connectivity index (χ2n) is 7.10. The monoisotopic (exact) mass is 380 g/mol. The van der Waals surface area contributed by atoms with Gasteiger partial charge in [0, 0.05) is 20.3 Å². The van der Waals surface area contributed by atoms with Crippen LogP contribution in [0.25, 0.3) is 11.0 Å². The van der Waals surface area contributed by atoms with Gasteiger partial charge in [0.2, 0.25) is 10.0 Å². The number of aryl methyl sites for hydroxylation is 1. The second-order valence-corrected chi connectivity index (χ2v) is 8.78. The minimum atomic E-state index is -3.74. The van der Waals surface area contributed by atoms with Crippen molar-refractivity contribution in [1.29, 1.82) is 0 Å². The van der Waals surface area contributed by atoms with Crippen LogP contribution in [0.2, 0.25) is 0 Å². The summed E-state index contributed by atoms with van der Waals surface area (Å²) in [6.07, 6.45) is 3.97. The summed E-state index contributed by atoms with van der Waals surface area (Å²) in [5.41, 5.74) is 1.05. The summed E-state index contributed by atoms with van der Waals surface area (Å²) in [5, 5.41) is 7.94. The van der Waals surface area contributed by atoms with Gasteiger partial charge in [-0.1, -0.05) is 17.7 Å². The van der Waals surface area contributed by atoms with Crippen LogP contribution in [0.5, 0.6) is 0 Å². The molecule has 4 rings (SSSR count). The predicted octanol–water partition coefficient (Wildman–Crippen LogP) is 1.22. The fraction of sp³-hybridized carbons (Fsp3) is 0.647. The van der Waals surface area contributed by atoms with E-state index in [1.807, 2.05) is 0 Å². The molecule has 26 heavy (non-hydrogen) atoms. The predicted molar refractivity (Wildman–Crippen MR) is 95.1 cm³/mol. The molecule has 1 aliphatic heterocycles. The standard InChI is InChI=1S/C17H24N4O4S/c1-21-14-6-3-7-16(17(14)18-20-21)26(22,23)19-13-8-9-24-11-15(13)25-10-12-4-2-5-12/h3,6-7,12-13,15,19H,2,4-5,8-11H2,1H3/t13-,15-/m1/s1. The number of nitrogens with one attached hydrogen (secondary N) is 1. The van der Waals surface area contributed by atoms with Crippen LogP contribution in [0, 0.1) is 5.92 Å². The number of hydrogen-bond donors (Lipinski definition) is 1. The van der Waals surface area contributed by atoms with Crippen LogP contribution in [0.3, 0.4) is 0 Å². The van der Waals surface area contributed by atoms with E-state index in [-0.39, 0.29) is 17.0 Å². The lowest BCUT2D eigenvalue weighted by molar-refractivity contribution is -0.0797. The van der Waals surface area contributed by atoms with Crippen LogP contribution < -0.4 is 4.72 Å². The normalized spacial score (nSPS) is 24.7. The van der Waals surface area contributed by atoms with Gasteiger partial charge in [0.05, 0.1) is 24.3 Å². The summed E-state index contributed by atoms with van der Waals surface area (Å²) in [4.78, 5) is 0.146. The number of hydrogen-bond acceptors (Lipinski definition) is 6. The van der Waals surface area contributed by atoms with Crippen molar-refractivity contribution in [2.75, 3.05) is 19.8 Å². The Bertz CT molecular complexity index is 878. The minimum absolute atomic E-state index is 0.146. The highest BCUT2D eigenvalue weighted by atomic mass is 32.2. The van der Waals surface area contributed by atoms with E-state index in [0.717, 1.165) is 0 Å². The van der Waals surface area contributed by atoms with E-state index in [1.54, 1.807) is 29.9 Å². The number of sulfonamides is 1. The van der Waals surface area contributed by atoms with Gasteiger partial charge in [-0.05, 0) is 37.3 Å². The van der Waals surface area contributed by atoms with Crippen LogP contribution >= 0.6 is 0 Å². The molecule has 142 valence electrons. The van der Waals surface area contributed by atoms with Gasteiger partial charge in [-0.2, -0.15) is 0 Å². The Morgan fingerprint density at radius 1 is 1.35 bits per heavy atom. The Morgan fingerprint density at radius 2 is 2.19 bits per heavy atom. The molecular weight excluding hydrogens is 356 g/mol. The van der Waals surface area contributed by atoms with E-state index < -0.39 is 10.0 Å². The fourth-order valence-electron chi connectivity index (χ4n) is 3.44. The molecule has 2 aliphatic rings. The van der Waals surface area contributed by atoms with E-state index >= 15 is 0 Å². The third-order valence-corrected chi connectivity index (χ3v) is 6.80. The van der Waals surface area contributed by atoms with Crippen LogP contribution in [0.1, 0.15) is 25.7 Å². The van der Waals surface area contributed by atoms with Gasteiger partial charge in [0.15, 0.2) is 0 Å². The highest BCUT2D eigenvalue weighted by molar-refractivity contribution is 7.89. The van der Waals surface area contributed by atoms with Gasteiger partial charge in [-0.3, -0.25) is 0 Å². The van der Waals surface area contributed by atoms with Crippen molar-refractivity contribution in [2.45, 2.75) is 42.7 Å². The fourth-order valence-corrected chi connectivity index (χ4v) is 4.89. The third kappa shape index (κ3) is 3.48. The van der Waals surface area contributed by atoms with Gasteiger partial charge >= 0.3 is 0 Å². The molecule has 1 N–H and O–H groups in total. The van der Waals surface area contributed by atoms with Crippen molar-refractivity contribution in [3.8, 4) is 0 Å². The molecule has 0 bridgehead atoms. The van der Waals surface area contributed by atoms with E-state index in [9.17, 15) is 8.42 Å². The maximum Gasteiger partial charge on any atom is 0.243 e. The zero-order valence-corrected chi connectivity index (χ0v) is 15.6. The van der Waals surface area contributed by atoms with E-state index in [0.29, 0.717) is 43.2 Å². The Labute approximate surface area is 152 Å². The van der Waals surface area contributed by atoms with Crippen molar-refractivity contribution in [3.63, 3.8) is 0 Å². The quantitative estimate of drug-likeness (QED) is 0.810. The van der Waals surface area contributed by atoms with Gasteiger partial charge in [-0.15, -0.1) is 5.10 Å².